The molecular formula is C27H40N6O2S. The number of hydrogen-bond acceptors (Lipinski definition) is 7. The van der Waals surface area contributed by atoms with Gasteiger partial charge in [-0.05, 0) is 69.7 Å². The number of hydrogen-bond donors (Lipinski definition) is 1. The molecule has 1 N–H and O–H groups in total. The zero-order chi connectivity index (χ0) is 25.0. The maximum atomic E-state index is 13.2. The Hall–Kier alpha value is -2.23. The van der Waals surface area contributed by atoms with E-state index in [2.05, 4.69) is 20.1 Å². The second-order valence-electron chi connectivity index (χ2n) is 10.5. The molecule has 3 aliphatic rings. The lowest BCUT2D eigenvalue weighted by Gasteiger charge is -2.42. The van der Waals surface area contributed by atoms with Gasteiger partial charge >= 0.3 is 0 Å². The third-order valence-corrected chi connectivity index (χ3v) is 10.1. The summed E-state index contributed by atoms with van der Waals surface area (Å²) < 4.78 is 28.1. The highest BCUT2D eigenvalue weighted by atomic mass is 32.2. The molecule has 1 unspecified atom stereocenters. The number of aromatic nitrogens is 2. The van der Waals surface area contributed by atoms with Crippen molar-refractivity contribution in [3.05, 3.63) is 42.1 Å². The molecule has 0 saturated carbocycles. The van der Waals surface area contributed by atoms with Crippen molar-refractivity contribution in [2.45, 2.75) is 75.3 Å². The van der Waals surface area contributed by atoms with E-state index in [-0.39, 0.29) is 0 Å². The summed E-state index contributed by atoms with van der Waals surface area (Å²) in [5.74, 6) is 1.76. The minimum absolute atomic E-state index is 0.312. The molecule has 4 heterocycles. The summed E-state index contributed by atoms with van der Waals surface area (Å²) in [5.41, 5.74) is 0.812. The van der Waals surface area contributed by atoms with Crippen molar-refractivity contribution in [3.8, 4) is 0 Å². The van der Waals surface area contributed by atoms with Crippen LogP contribution in [0.1, 0.15) is 56.9 Å². The summed E-state index contributed by atoms with van der Waals surface area (Å²) in [7, 11) is -3.43. The zero-order valence-electron chi connectivity index (χ0n) is 21.5. The molecule has 8 nitrogen and oxygen atoms in total. The molecule has 0 aliphatic carbocycles. The molecular weight excluding hydrogens is 472 g/mol. The molecule has 36 heavy (non-hydrogen) atoms. The van der Waals surface area contributed by atoms with Gasteiger partial charge in [-0.3, -0.25) is 4.90 Å². The number of piperidine rings is 2. The number of nitrogens with zero attached hydrogens (tertiary/aromatic N) is 5. The molecule has 0 spiro atoms. The maximum absolute atomic E-state index is 13.2. The Morgan fingerprint density at radius 2 is 1.64 bits per heavy atom. The van der Waals surface area contributed by atoms with Gasteiger partial charge in [-0.25, -0.2) is 13.4 Å². The minimum Gasteiger partial charge on any atom is -0.356 e. The van der Waals surface area contributed by atoms with E-state index in [0.29, 0.717) is 30.1 Å². The first-order valence-corrected chi connectivity index (χ1v) is 15.1. The fraction of sp³-hybridized carbons (Fsp3) is 0.630. The maximum Gasteiger partial charge on any atom is 0.243 e. The molecule has 1 atom stereocenters. The van der Waals surface area contributed by atoms with E-state index in [4.69, 9.17) is 4.98 Å². The number of rotatable bonds is 6. The van der Waals surface area contributed by atoms with Crippen LogP contribution in [0.2, 0.25) is 0 Å². The lowest BCUT2D eigenvalue weighted by atomic mass is 9.99. The number of aryl methyl sites for hydroxylation is 1. The van der Waals surface area contributed by atoms with Crippen LogP contribution >= 0.6 is 0 Å². The van der Waals surface area contributed by atoms with Gasteiger partial charge in [-0.2, -0.15) is 9.29 Å². The molecule has 1 aromatic heterocycles. The number of sulfonamides is 1. The molecule has 3 fully saturated rings. The first kappa shape index (κ1) is 25.4. The highest BCUT2D eigenvalue weighted by Crippen LogP contribution is 2.27. The summed E-state index contributed by atoms with van der Waals surface area (Å²) in [6.45, 7) is 7.20. The molecule has 0 radical (unpaired) electrons. The van der Waals surface area contributed by atoms with Gasteiger partial charge in [0.1, 0.15) is 5.82 Å². The SMILES string of the molecule is Cc1ccccc1S(=O)(=O)N1CCC(N2CCCC(Nc3nccc(N4CCCCCC4)n3)C2)CC1. The molecule has 9 heteroatoms. The van der Waals surface area contributed by atoms with Gasteiger partial charge in [0, 0.05) is 51.0 Å². The minimum atomic E-state index is -3.43. The lowest BCUT2D eigenvalue weighted by Crippen LogP contribution is -2.51. The van der Waals surface area contributed by atoms with E-state index in [1.807, 2.05) is 31.3 Å². The molecule has 2 aromatic rings. The molecule has 5 rings (SSSR count). The summed E-state index contributed by atoms with van der Waals surface area (Å²) in [5, 5.41) is 3.61. The van der Waals surface area contributed by atoms with E-state index in [1.165, 1.54) is 25.7 Å². The van der Waals surface area contributed by atoms with Crippen LogP contribution in [0.5, 0.6) is 0 Å². The Morgan fingerprint density at radius 1 is 0.889 bits per heavy atom. The van der Waals surface area contributed by atoms with E-state index >= 15 is 0 Å². The summed E-state index contributed by atoms with van der Waals surface area (Å²) in [4.78, 5) is 14.8. The van der Waals surface area contributed by atoms with Gasteiger partial charge < -0.3 is 10.2 Å². The Morgan fingerprint density at radius 3 is 2.39 bits per heavy atom. The van der Waals surface area contributed by atoms with Crippen molar-refractivity contribution in [1.82, 2.24) is 19.2 Å². The number of likely N-dealkylation sites (tertiary alicyclic amines) is 1. The van der Waals surface area contributed by atoms with Crippen molar-refractivity contribution in [3.63, 3.8) is 0 Å². The fourth-order valence-electron chi connectivity index (χ4n) is 5.97. The van der Waals surface area contributed by atoms with Crippen LogP contribution in [-0.4, -0.2) is 78.9 Å². The predicted molar refractivity (Wildman–Crippen MR) is 144 cm³/mol. The van der Waals surface area contributed by atoms with Crippen LogP contribution in [0, 0.1) is 6.92 Å². The number of nitrogens with one attached hydrogen (secondary N) is 1. The van der Waals surface area contributed by atoms with E-state index < -0.39 is 10.0 Å². The quantitative estimate of drug-likeness (QED) is 0.629. The highest BCUT2D eigenvalue weighted by molar-refractivity contribution is 7.89. The molecule has 1 aromatic carbocycles. The molecule has 196 valence electrons. The largest absolute Gasteiger partial charge is 0.356 e. The third-order valence-electron chi connectivity index (χ3n) is 8.01. The van der Waals surface area contributed by atoms with Gasteiger partial charge in [-0.15, -0.1) is 0 Å². The van der Waals surface area contributed by atoms with Gasteiger partial charge in [0.2, 0.25) is 16.0 Å². The van der Waals surface area contributed by atoms with E-state index in [0.717, 1.165) is 69.2 Å². The van der Waals surface area contributed by atoms with Crippen LogP contribution in [0.15, 0.2) is 41.4 Å². The third kappa shape index (κ3) is 5.84. The van der Waals surface area contributed by atoms with Crippen molar-refractivity contribution >= 4 is 21.8 Å². The van der Waals surface area contributed by atoms with Gasteiger partial charge in [0.25, 0.3) is 0 Å². The van der Waals surface area contributed by atoms with Crippen LogP contribution in [-0.2, 0) is 10.0 Å². The Bertz CT molecular complexity index is 1110. The first-order valence-electron chi connectivity index (χ1n) is 13.6. The molecule has 3 aliphatic heterocycles. The Labute approximate surface area is 216 Å². The van der Waals surface area contributed by atoms with Crippen molar-refractivity contribution in [2.24, 2.45) is 0 Å². The van der Waals surface area contributed by atoms with Crippen molar-refractivity contribution < 1.29 is 8.42 Å². The molecule has 3 saturated heterocycles. The zero-order valence-corrected chi connectivity index (χ0v) is 22.3. The van der Waals surface area contributed by atoms with Crippen LogP contribution in [0.3, 0.4) is 0 Å². The fourth-order valence-corrected chi connectivity index (χ4v) is 7.66. The molecule has 0 bridgehead atoms. The first-order chi connectivity index (χ1) is 17.5. The molecule has 0 amide bonds. The normalized spacial score (nSPS) is 23.4. The smallest absolute Gasteiger partial charge is 0.243 e. The monoisotopic (exact) mass is 512 g/mol. The van der Waals surface area contributed by atoms with Crippen LogP contribution in [0.25, 0.3) is 0 Å². The summed E-state index contributed by atoms with van der Waals surface area (Å²) >= 11 is 0. The second kappa shape index (κ2) is 11.4. The Kier molecular flexibility index (Phi) is 8.08. The number of anilines is 2. The topological polar surface area (TPSA) is 81.7 Å². The standard InChI is InChI=1S/C27H40N6O2S/c1-22-9-4-5-11-25(22)36(34,35)33-19-13-24(14-20-33)32-18-8-10-23(21-32)29-27-28-15-12-26(30-27)31-16-6-2-3-7-17-31/h4-5,9,11-12,15,23-24H,2-3,6-8,10,13-14,16-21H2,1H3,(H,28,29,30). The summed E-state index contributed by atoms with van der Waals surface area (Å²) in [6, 6.07) is 10.0. The van der Waals surface area contributed by atoms with Gasteiger partial charge in [0.15, 0.2) is 0 Å². The average molecular weight is 513 g/mol. The Balaban J connectivity index is 1.16. The van der Waals surface area contributed by atoms with E-state index in [9.17, 15) is 8.42 Å². The lowest BCUT2D eigenvalue weighted by molar-refractivity contribution is 0.112. The number of benzene rings is 1. The second-order valence-corrected chi connectivity index (χ2v) is 12.4. The van der Waals surface area contributed by atoms with Crippen molar-refractivity contribution in [2.75, 3.05) is 49.5 Å². The van der Waals surface area contributed by atoms with Gasteiger partial charge in [-0.1, -0.05) is 31.0 Å². The average Bonchev–Trinajstić information content (AvgIpc) is 3.19. The van der Waals surface area contributed by atoms with E-state index in [1.54, 1.807) is 16.4 Å². The van der Waals surface area contributed by atoms with Crippen LogP contribution < -0.4 is 10.2 Å². The van der Waals surface area contributed by atoms with Gasteiger partial charge in [0.05, 0.1) is 4.90 Å². The highest BCUT2D eigenvalue weighted by Gasteiger charge is 2.34. The van der Waals surface area contributed by atoms with Crippen LogP contribution in [0.4, 0.5) is 11.8 Å². The predicted octanol–water partition coefficient (Wildman–Crippen LogP) is 3.90. The van der Waals surface area contributed by atoms with Crippen molar-refractivity contribution in [1.29, 1.82) is 0 Å². The summed E-state index contributed by atoms with van der Waals surface area (Å²) in [6.07, 6.45) is 10.9.